The van der Waals surface area contributed by atoms with E-state index in [1.165, 1.54) is 10.9 Å². The molecule has 0 spiro atoms. The average molecular weight is 201 g/mol. The SMILES string of the molecule is C=CCc1c[nH]c2cc3c(cc12)OCO3. The number of nitrogens with one attached hydrogen (secondary N) is 1. The van der Waals surface area contributed by atoms with E-state index in [-0.39, 0.29) is 0 Å². The van der Waals surface area contributed by atoms with E-state index in [2.05, 4.69) is 11.6 Å². The van der Waals surface area contributed by atoms with E-state index >= 15 is 0 Å². The molecule has 76 valence electrons. The lowest BCUT2D eigenvalue weighted by Crippen LogP contribution is -1.92. The van der Waals surface area contributed by atoms with Crippen molar-refractivity contribution in [2.24, 2.45) is 0 Å². The fraction of sp³-hybridized carbons (Fsp3) is 0.167. The van der Waals surface area contributed by atoms with Gasteiger partial charge in [-0.2, -0.15) is 0 Å². The quantitative estimate of drug-likeness (QED) is 0.758. The summed E-state index contributed by atoms with van der Waals surface area (Å²) in [5, 5.41) is 1.18. The second-order valence-electron chi connectivity index (χ2n) is 3.56. The number of hydrogen-bond acceptors (Lipinski definition) is 2. The van der Waals surface area contributed by atoms with Crippen molar-refractivity contribution in [1.29, 1.82) is 0 Å². The molecular formula is C12H11NO2. The van der Waals surface area contributed by atoms with Crippen LogP contribution in [-0.2, 0) is 6.42 Å². The van der Waals surface area contributed by atoms with Crippen molar-refractivity contribution in [2.75, 3.05) is 6.79 Å². The van der Waals surface area contributed by atoms with Crippen LogP contribution in [0.15, 0.2) is 31.0 Å². The van der Waals surface area contributed by atoms with E-state index in [1.807, 2.05) is 24.4 Å². The lowest BCUT2D eigenvalue weighted by atomic mass is 10.1. The third-order valence-corrected chi connectivity index (χ3v) is 2.62. The summed E-state index contributed by atoms with van der Waals surface area (Å²) in [4.78, 5) is 3.22. The van der Waals surface area contributed by atoms with Crippen molar-refractivity contribution in [3.8, 4) is 11.5 Å². The summed E-state index contributed by atoms with van der Waals surface area (Å²) in [5.41, 5.74) is 2.31. The van der Waals surface area contributed by atoms with E-state index in [1.54, 1.807) is 0 Å². The van der Waals surface area contributed by atoms with E-state index in [9.17, 15) is 0 Å². The van der Waals surface area contributed by atoms with Gasteiger partial charge in [0.05, 0.1) is 0 Å². The van der Waals surface area contributed by atoms with Crippen LogP contribution in [0.3, 0.4) is 0 Å². The van der Waals surface area contributed by atoms with Gasteiger partial charge in [-0.05, 0) is 18.1 Å². The zero-order valence-corrected chi connectivity index (χ0v) is 8.25. The van der Waals surface area contributed by atoms with Crippen molar-refractivity contribution in [1.82, 2.24) is 4.98 Å². The monoisotopic (exact) mass is 201 g/mol. The minimum atomic E-state index is 0.318. The van der Waals surface area contributed by atoms with Crippen LogP contribution in [0.4, 0.5) is 0 Å². The molecule has 0 unspecified atom stereocenters. The third kappa shape index (κ3) is 1.20. The maximum Gasteiger partial charge on any atom is 0.231 e. The van der Waals surface area contributed by atoms with Gasteiger partial charge in [0.15, 0.2) is 11.5 Å². The number of hydrogen-bond donors (Lipinski definition) is 1. The van der Waals surface area contributed by atoms with Crippen LogP contribution < -0.4 is 9.47 Å². The zero-order valence-electron chi connectivity index (χ0n) is 8.25. The highest BCUT2D eigenvalue weighted by Crippen LogP contribution is 2.36. The van der Waals surface area contributed by atoms with E-state index in [0.717, 1.165) is 23.4 Å². The maximum absolute atomic E-state index is 5.35. The summed E-state index contributed by atoms with van der Waals surface area (Å²) >= 11 is 0. The number of fused-ring (bicyclic) bond motifs is 2. The van der Waals surface area contributed by atoms with Crippen LogP contribution >= 0.6 is 0 Å². The fourth-order valence-corrected chi connectivity index (χ4v) is 1.89. The molecule has 2 aromatic rings. The third-order valence-electron chi connectivity index (χ3n) is 2.62. The van der Waals surface area contributed by atoms with Crippen molar-refractivity contribution >= 4 is 10.9 Å². The van der Waals surface area contributed by atoms with Crippen LogP contribution in [-0.4, -0.2) is 11.8 Å². The van der Waals surface area contributed by atoms with Crippen molar-refractivity contribution < 1.29 is 9.47 Å². The van der Waals surface area contributed by atoms with Gasteiger partial charge in [0, 0.05) is 23.2 Å². The average Bonchev–Trinajstić information content (AvgIpc) is 2.82. The van der Waals surface area contributed by atoms with Gasteiger partial charge in [0.25, 0.3) is 0 Å². The van der Waals surface area contributed by atoms with Crippen LogP contribution in [0.25, 0.3) is 10.9 Å². The largest absolute Gasteiger partial charge is 0.454 e. The lowest BCUT2D eigenvalue weighted by molar-refractivity contribution is 0.174. The lowest BCUT2D eigenvalue weighted by Gasteiger charge is -1.97. The van der Waals surface area contributed by atoms with E-state index < -0.39 is 0 Å². The predicted molar refractivity (Wildman–Crippen MR) is 58.3 cm³/mol. The van der Waals surface area contributed by atoms with Crippen LogP contribution in [0.1, 0.15) is 5.56 Å². The number of ether oxygens (including phenoxy) is 2. The minimum absolute atomic E-state index is 0.318. The molecule has 1 aromatic carbocycles. The summed E-state index contributed by atoms with van der Waals surface area (Å²) in [6, 6.07) is 4.00. The van der Waals surface area contributed by atoms with Crippen LogP contribution in [0.2, 0.25) is 0 Å². The molecule has 0 aliphatic carbocycles. The molecule has 0 radical (unpaired) electrons. The van der Waals surface area contributed by atoms with Gasteiger partial charge in [0.2, 0.25) is 6.79 Å². The Kier molecular flexibility index (Phi) is 1.71. The molecule has 0 saturated carbocycles. The van der Waals surface area contributed by atoms with Gasteiger partial charge in [-0.1, -0.05) is 6.08 Å². The van der Waals surface area contributed by atoms with Crippen LogP contribution in [0, 0.1) is 0 Å². The first-order valence-electron chi connectivity index (χ1n) is 4.89. The number of aromatic nitrogens is 1. The van der Waals surface area contributed by atoms with Crippen molar-refractivity contribution in [3.63, 3.8) is 0 Å². The Balaban J connectivity index is 2.22. The Bertz CT molecular complexity index is 528. The zero-order chi connectivity index (χ0) is 10.3. The number of aromatic amines is 1. The molecule has 15 heavy (non-hydrogen) atoms. The highest BCUT2D eigenvalue weighted by molar-refractivity contribution is 5.87. The summed E-state index contributed by atoms with van der Waals surface area (Å²) in [5.74, 6) is 1.64. The summed E-state index contributed by atoms with van der Waals surface area (Å²) in [6.07, 6.45) is 4.76. The first-order valence-corrected chi connectivity index (χ1v) is 4.89. The first kappa shape index (κ1) is 8.41. The smallest absolute Gasteiger partial charge is 0.231 e. The second-order valence-corrected chi connectivity index (χ2v) is 3.56. The van der Waals surface area contributed by atoms with Gasteiger partial charge < -0.3 is 14.5 Å². The minimum Gasteiger partial charge on any atom is -0.454 e. The van der Waals surface area contributed by atoms with E-state index in [4.69, 9.17) is 9.47 Å². The topological polar surface area (TPSA) is 34.2 Å². The molecule has 0 amide bonds. The van der Waals surface area contributed by atoms with Crippen molar-refractivity contribution in [3.05, 3.63) is 36.5 Å². The van der Waals surface area contributed by atoms with E-state index in [0.29, 0.717) is 6.79 Å². The molecule has 0 fully saturated rings. The standard InChI is InChI=1S/C12H11NO2/c1-2-3-8-6-13-10-5-12-11(4-9(8)10)14-7-15-12/h2,4-6,13H,1,3,7H2. The van der Waals surface area contributed by atoms with Gasteiger partial charge >= 0.3 is 0 Å². The molecule has 3 rings (SSSR count). The van der Waals surface area contributed by atoms with Crippen LogP contribution in [0.5, 0.6) is 11.5 Å². The first-order chi connectivity index (χ1) is 7.38. The summed E-state index contributed by atoms with van der Waals surface area (Å²) < 4.78 is 10.7. The molecule has 1 aliphatic heterocycles. The Morgan fingerprint density at radius 3 is 2.93 bits per heavy atom. The molecule has 0 saturated heterocycles. The Morgan fingerprint density at radius 1 is 1.33 bits per heavy atom. The molecule has 3 heteroatoms. The highest BCUT2D eigenvalue weighted by atomic mass is 16.7. The molecule has 1 N–H and O–H groups in total. The molecule has 1 aromatic heterocycles. The molecule has 2 heterocycles. The summed E-state index contributed by atoms with van der Waals surface area (Å²) in [6.45, 7) is 4.06. The van der Waals surface area contributed by atoms with Gasteiger partial charge in [-0.25, -0.2) is 0 Å². The Labute approximate surface area is 87.3 Å². The Hall–Kier alpha value is -1.90. The Morgan fingerprint density at radius 2 is 2.13 bits per heavy atom. The highest BCUT2D eigenvalue weighted by Gasteiger charge is 2.15. The fourth-order valence-electron chi connectivity index (χ4n) is 1.89. The van der Waals surface area contributed by atoms with Gasteiger partial charge in [0.1, 0.15) is 0 Å². The second kappa shape index (κ2) is 3.05. The number of rotatable bonds is 2. The van der Waals surface area contributed by atoms with Gasteiger partial charge in [-0.15, -0.1) is 6.58 Å². The number of H-pyrrole nitrogens is 1. The molecule has 0 bridgehead atoms. The maximum atomic E-state index is 5.35. The predicted octanol–water partition coefficient (Wildman–Crippen LogP) is 2.63. The number of allylic oxidation sites excluding steroid dienone is 1. The molecule has 3 nitrogen and oxygen atoms in total. The number of benzene rings is 1. The summed E-state index contributed by atoms with van der Waals surface area (Å²) in [7, 11) is 0. The molecule has 1 aliphatic rings. The van der Waals surface area contributed by atoms with Crippen molar-refractivity contribution in [2.45, 2.75) is 6.42 Å². The molecule has 0 atom stereocenters. The molecular weight excluding hydrogens is 190 g/mol. The normalized spacial score (nSPS) is 13.3. The van der Waals surface area contributed by atoms with Gasteiger partial charge in [-0.3, -0.25) is 0 Å².